The summed E-state index contributed by atoms with van der Waals surface area (Å²) in [5, 5.41) is 12.0. The minimum Gasteiger partial charge on any atom is -0.506 e. The van der Waals surface area contributed by atoms with Gasteiger partial charge in [0.25, 0.3) is 0 Å². The van der Waals surface area contributed by atoms with Crippen molar-refractivity contribution in [1.82, 2.24) is 0 Å². The number of phenolic OH excluding ortho intramolecular Hbond substituents is 1. The number of ether oxygens (including phenoxy) is 1. The molecule has 0 amide bonds. The van der Waals surface area contributed by atoms with Crippen LogP contribution in [0.25, 0.3) is 0 Å². The van der Waals surface area contributed by atoms with E-state index in [0.29, 0.717) is 11.4 Å². The van der Waals surface area contributed by atoms with Crippen molar-refractivity contribution in [2.45, 2.75) is 0 Å². The molecule has 1 aliphatic heterocycles. The molecule has 0 atom stereocenters. The largest absolute Gasteiger partial charge is 0.506 e. The molecule has 0 aromatic heterocycles. The Hall–Kier alpha value is -1.71. The molecule has 0 radical (unpaired) electrons. The van der Waals surface area contributed by atoms with Crippen molar-refractivity contribution >= 4 is 11.7 Å². The number of fused-ring (bicyclic) bond motifs is 1. The zero-order chi connectivity index (χ0) is 8.55. The first kappa shape index (κ1) is 6.97. The fraction of sp³-hybridized carbons (Fsp3) is 0.125. The maximum Gasteiger partial charge on any atom is 0.330 e. The normalized spacial score (nSPS) is 14.5. The monoisotopic (exact) mass is 165 g/mol. The predicted octanol–water partition coefficient (Wildman–Crippen LogP) is 0.723. The van der Waals surface area contributed by atoms with Gasteiger partial charge in [-0.05, 0) is 12.1 Å². The Morgan fingerprint density at radius 3 is 3.17 bits per heavy atom. The summed E-state index contributed by atoms with van der Waals surface area (Å²) in [5.74, 6) is 0.138. The molecule has 4 nitrogen and oxygen atoms in total. The van der Waals surface area contributed by atoms with E-state index in [0.717, 1.165) is 0 Å². The highest BCUT2D eigenvalue weighted by Crippen LogP contribution is 2.35. The Kier molecular flexibility index (Phi) is 1.40. The first-order valence-electron chi connectivity index (χ1n) is 3.54. The van der Waals surface area contributed by atoms with E-state index in [1.807, 2.05) is 0 Å². The van der Waals surface area contributed by atoms with Gasteiger partial charge in [-0.1, -0.05) is 6.07 Å². The molecule has 1 aromatic rings. The first-order valence-corrected chi connectivity index (χ1v) is 3.54. The summed E-state index contributed by atoms with van der Waals surface area (Å²) >= 11 is 0. The molecular weight excluding hydrogens is 158 g/mol. The first-order chi connectivity index (χ1) is 5.77. The van der Waals surface area contributed by atoms with Gasteiger partial charge in [0, 0.05) is 0 Å². The molecule has 4 heteroatoms. The molecule has 2 N–H and O–H groups in total. The number of anilines is 1. The standard InChI is InChI=1S/C8H7NO3/c10-5-2-1-3-6-8(5)9-4-7(11)12-6/h1-3,9-10H,4H2. The van der Waals surface area contributed by atoms with E-state index in [1.165, 1.54) is 6.07 Å². The highest BCUT2D eigenvalue weighted by molar-refractivity contribution is 5.85. The van der Waals surface area contributed by atoms with E-state index in [1.54, 1.807) is 12.1 Å². The van der Waals surface area contributed by atoms with Gasteiger partial charge in [0.15, 0.2) is 5.75 Å². The zero-order valence-electron chi connectivity index (χ0n) is 6.20. The number of nitrogens with one attached hydrogen (secondary N) is 1. The number of phenols is 1. The van der Waals surface area contributed by atoms with Crippen LogP contribution in [-0.4, -0.2) is 17.6 Å². The Bertz CT molecular complexity index is 335. The SMILES string of the molecule is O=C1CNc2c(O)cccc2O1. The van der Waals surface area contributed by atoms with Crippen molar-refractivity contribution in [2.24, 2.45) is 0 Å². The molecule has 0 bridgehead atoms. The van der Waals surface area contributed by atoms with Gasteiger partial charge >= 0.3 is 5.97 Å². The van der Waals surface area contributed by atoms with Gasteiger partial charge in [0.1, 0.15) is 18.0 Å². The number of benzene rings is 1. The summed E-state index contributed by atoms with van der Waals surface area (Å²) in [6.07, 6.45) is 0. The molecular formula is C8H7NO3. The molecule has 1 aliphatic rings. The molecule has 1 aromatic carbocycles. The summed E-state index contributed by atoms with van der Waals surface area (Å²) in [5.41, 5.74) is 0.483. The van der Waals surface area contributed by atoms with Crippen LogP contribution in [0.5, 0.6) is 11.5 Å². The van der Waals surface area contributed by atoms with E-state index < -0.39 is 0 Å². The lowest BCUT2D eigenvalue weighted by atomic mass is 10.2. The predicted molar refractivity (Wildman–Crippen MR) is 42.2 cm³/mol. The van der Waals surface area contributed by atoms with E-state index in [4.69, 9.17) is 4.74 Å². The van der Waals surface area contributed by atoms with Crippen molar-refractivity contribution in [3.05, 3.63) is 18.2 Å². The van der Waals surface area contributed by atoms with Crippen molar-refractivity contribution in [3.63, 3.8) is 0 Å². The topological polar surface area (TPSA) is 58.6 Å². The van der Waals surface area contributed by atoms with E-state index in [-0.39, 0.29) is 18.3 Å². The number of para-hydroxylation sites is 1. The van der Waals surface area contributed by atoms with E-state index in [2.05, 4.69) is 5.32 Å². The Balaban J connectivity index is 2.48. The number of rotatable bonds is 0. The van der Waals surface area contributed by atoms with Gasteiger partial charge in [0.2, 0.25) is 0 Å². The number of aromatic hydroxyl groups is 1. The number of carbonyl (C=O) groups is 1. The van der Waals surface area contributed by atoms with Crippen LogP contribution in [0.2, 0.25) is 0 Å². The van der Waals surface area contributed by atoms with Crippen molar-refractivity contribution in [3.8, 4) is 11.5 Å². The van der Waals surface area contributed by atoms with Crippen LogP contribution in [0.1, 0.15) is 0 Å². The van der Waals surface area contributed by atoms with Gasteiger partial charge in [0.05, 0.1) is 0 Å². The summed E-state index contributed by atoms with van der Waals surface area (Å²) in [7, 11) is 0. The minimum absolute atomic E-state index is 0.0972. The lowest BCUT2D eigenvalue weighted by Crippen LogP contribution is -2.24. The number of esters is 1. The smallest absolute Gasteiger partial charge is 0.330 e. The maximum atomic E-state index is 10.8. The molecule has 0 saturated carbocycles. The molecule has 0 unspecified atom stereocenters. The third kappa shape index (κ3) is 0.972. The molecule has 0 fully saturated rings. The average molecular weight is 165 g/mol. The molecule has 0 aliphatic carbocycles. The van der Waals surface area contributed by atoms with Gasteiger partial charge in [-0.15, -0.1) is 0 Å². The Morgan fingerprint density at radius 2 is 2.33 bits per heavy atom. The van der Waals surface area contributed by atoms with Gasteiger partial charge in [-0.3, -0.25) is 0 Å². The minimum atomic E-state index is -0.340. The van der Waals surface area contributed by atoms with Crippen molar-refractivity contribution in [1.29, 1.82) is 0 Å². The Labute approximate surface area is 68.8 Å². The summed E-state index contributed by atoms with van der Waals surface area (Å²) in [6, 6.07) is 4.78. The second kappa shape index (κ2) is 2.41. The van der Waals surface area contributed by atoms with Gasteiger partial charge in [-0.2, -0.15) is 0 Å². The third-order valence-electron chi connectivity index (χ3n) is 1.64. The lowest BCUT2D eigenvalue weighted by molar-refractivity contribution is -0.132. The van der Waals surface area contributed by atoms with Crippen LogP contribution in [0.15, 0.2) is 18.2 Å². The molecule has 0 spiro atoms. The van der Waals surface area contributed by atoms with Gasteiger partial charge < -0.3 is 15.2 Å². The highest BCUT2D eigenvalue weighted by Gasteiger charge is 2.18. The number of hydrogen-bond acceptors (Lipinski definition) is 4. The van der Waals surface area contributed by atoms with E-state index >= 15 is 0 Å². The van der Waals surface area contributed by atoms with Crippen molar-refractivity contribution < 1.29 is 14.6 Å². The summed E-state index contributed by atoms with van der Waals surface area (Å²) < 4.78 is 4.85. The fourth-order valence-electron chi connectivity index (χ4n) is 1.10. The zero-order valence-corrected chi connectivity index (χ0v) is 6.20. The highest BCUT2D eigenvalue weighted by atomic mass is 16.5. The molecule has 1 heterocycles. The van der Waals surface area contributed by atoms with Gasteiger partial charge in [-0.25, -0.2) is 4.79 Å². The lowest BCUT2D eigenvalue weighted by Gasteiger charge is -2.17. The second-order valence-corrected chi connectivity index (χ2v) is 2.48. The number of carbonyl (C=O) groups excluding carboxylic acids is 1. The van der Waals surface area contributed by atoms with Crippen LogP contribution < -0.4 is 10.1 Å². The van der Waals surface area contributed by atoms with Crippen molar-refractivity contribution in [2.75, 3.05) is 11.9 Å². The summed E-state index contributed by atoms with van der Waals surface area (Å²) in [4.78, 5) is 10.8. The van der Waals surface area contributed by atoms with Crippen LogP contribution in [-0.2, 0) is 4.79 Å². The summed E-state index contributed by atoms with van der Waals surface area (Å²) in [6.45, 7) is 0.102. The van der Waals surface area contributed by atoms with Crippen LogP contribution in [0, 0.1) is 0 Å². The average Bonchev–Trinajstić information content (AvgIpc) is 2.04. The molecule has 62 valence electrons. The molecule has 0 saturated heterocycles. The number of hydrogen-bond donors (Lipinski definition) is 2. The third-order valence-corrected chi connectivity index (χ3v) is 1.64. The van der Waals surface area contributed by atoms with Crippen LogP contribution >= 0.6 is 0 Å². The maximum absolute atomic E-state index is 10.8. The van der Waals surface area contributed by atoms with Crippen LogP contribution in [0.3, 0.4) is 0 Å². The fourth-order valence-corrected chi connectivity index (χ4v) is 1.10. The molecule has 12 heavy (non-hydrogen) atoms. The second-order valence-electron chi connectivity index (χ2n) is 2.48. The van der Waals surface area contributed by atoms with E-state index in [9.17, 15) is 9.90 Å². The quantitative estimate of drug-likeness (QED) is 0.338. The molecule has 2 rings (SSSR count). The Morgan fingerprint density at radius 1 is 1.50 bits per heavy atom. The van der Waals surface area contributed by atoms with Crippen LogP contribution in [0.4, 0.5) is 5.69 Å².